The van der Waals surface area contributed by atoms with Gasteiger partial charge in [-0.2, -0.15) is 0 Å². The number of fused-ring (bicyclic) bond motifs is 2. The summed E-state index contributed by atoms with van der Waals surface area (Å²) in [5, 5.41) is 0. The average molecular weight is 320 g/mol. The highest BCUT2D eigenvalue weighted by atomic mass is 35.5. The number of nitrogens with zero attached hydrogens (tertiary/aromatic N) is 2. The Balaban J connectivity index is 0.00000161. The summed E-state index contributed by atoms with van der Waals surface area (Å²) in [6, 6.07) is 17.9. The lowest BCUT2D eigenvalue weighted by molar-refractivity contribution is -0.00000407. The third-order valence-electron chi connectivity index (χ3n) is 3.86. The van der Waals surface area contributed by atoms with Crippen molar-refractivity contribution in [1.29, 1.82) is 0 Å². The lowest BCUT2D eigenvalue weighted by atomic mass is 10.2. The van der Waals surface area contributed by atoms with E-state index < -0.39 is 0 Å². The summed E-state index contributed by atoms with van der Waals surface area (Å²) >= 11 is 1.87. The fourth-order valence-electron chi connectivity index (χ4n) is 2.41. The van der Waals surface area contributed by atoms with E-state index in [2.05, 4.69) is 79.3 Å². The van der Waals surface area contributed by atoms with Crippen molar-refractivity contribution in [3.63, 3.8) is 0 Å². The quantitative estimate of drug-likeness (QED) is 0.840. The van der Waals surface area contributed by atoms with Crippen molar-refractivity contribution in [2.45, 2.75) is 22.8 Å². The number of rotatable bonds is 3. The molecule has 0 N–H and O–H groups in total. The molecule has 0 bridgehead atoms. The molecule has 3 rings (SSSR count). The van der Waals surface area contributed by atoms with Gasteiger partial charge in [0.25, 0.3) is 0 Å². The summed E-state index contributed by atoms with van der Waals surface area (Å²) in [6.07, 6.45) is 0. The number of hydrogen-bond acceptors (Lipinski definition) is 3. The highest BCUT2D eigenvalue weighted by molar-refractivity contribution is 7.99. The van der Waals surface area contributed by atoms with E-state index in [1.54, 1.807) is 0 Å². The monoisotopic (exact) mass is 319 g/mol. The third kappa shape index (κ3) is 3.20. The van der Waals surface area contributed by atoms with E-state index in [1.807, 2.05) is 11.8 Å². The Kier molecular flexibility index (Phi) is 5.20. The molecule has 2 aromatic carbocycles. The molecule has 0 fully saturated rings. The molecule has 0 saturated carbocycles. The minimum absolute atomic E-state index is 0. The molecule has 2 nitrogen and oxygen atoms in total. The number of likely N-dealkylation sites (N-methyl/N-ethyl adjacent to an activating group) is 1. The molecule has 0 aromatic heterocycles. The van der Waals surface area contributed by atoms with Gasteiger partial charge in [-0.3, -0.25) is 0 Å². The molecule has 0 radical (unpaired) electrons. The van der Waals surface area contributed by atoms with Crippen LogP contribution in [-0.2, 0) is 0 Å². The summed E-state index contributed by atoms with van der Waals surface area (Å²) < 4.78 is 0. The molecule has 1 aliphatic heterocycles. The van der Waals surface area contributed by atoms with Crippen LogP contribution < -0.4 is 17.3 Å². The SMILES string of the molecule is CC(CN1c2ccccc2Sc2ccccc21)N(C)C.[Cl-]. The van der Waals surface area contributed by atoms with Crippen LogP contribution in [-0.4, -0.2) is 31.6 Å². The van der Waals surface area contributed by atoms with Gasteiger partial charge in [-0.15, -0.1) is 0 Å². The standard InChI is InChI=1S/C17H20N2S.ClH/c1-13(18(2)3)12-19-14-8-4-6-10-16(14)20-17-11-7-5-9-15(17)19;/h4-11,13H,12H2,1-3H3;1H/p-1. The van der Waals surface area contributed by atoms with Crippen molar-refractivity contribution in [3.05, 3.63) is 48.5 Å². The van der Waals surface area contributed by atoms with Gasteiger partial charge >= 0.3 is 0 Å². The van der Waals surface area contributed by atoms with E-state index in [9.17, 15) is 0 Å². The van der Waals surface area contributed by atoms with Crippen molar-refractivity contribution < 1.29 is 12.4 Å². The Hall–Kier alpha value is -1.16. The van der Waals surface area contributed by atoms with E-state index in [-0.39, 0.29) is 12.4 Å². The van der Waals surface area contributed by atoms with E-state index in [0.717, 1.165) is 6.54 Å². The first-order valence-corrected chi connectivity index (χ1v) is 7.78. The maximum Gasteiger partial charge on any atom is 0.0553 e. The average Bonchev–Trinajstić information content (AvgIpc) is 2.46. The minimum Gasteiger partial charge on any atom is -1.00 e. The van der Waals surface area contributed by atoms with Crippen molar-refractivity contribution in [1.82, 2.24) is 4.90 Å². The van der Waals surface area contributed by atoms with Gasteiger partial charge in [-0.25, -0.2) is 0 Å². The van der Waals surface area contributed by atoms with E-state index in [1.165, 1.54) is 21.2 Å². The summed E-state index contributed by atoms with van der Waals surface area (Å²) in [5.74, 6) is 0. The zero-order chi connectivity index (χ0) is 14.1. The van der Waals surface area contributed by atoms with Crippen molar-refractivity contribution >= 4 is 23.1 Å². The molecule has 1 atom stereocenters. The lowest BCUT2D eigenvalue weighted by Crippen LogP contribution is -3.00. The Labute approximate surface area is 137 Å². The van der Waals surface area contributed by atoms with Crippen molar-refractivity contribution in [2.75, 3.05) is 25.5 Å². The van der Waals surface area contributed by atoms with Gasteiger partial charge in [0.2, 0.25) is 0 Å². The van der Waals surface area contributed by atoms with E-state index in [4.69, 9.17) is 0 Å². The molecule has 0 aliphatic carbocycles. The molecule has 4 heteroatoms. The largest absolute Gasteiger partial charge is 1.00 e. The highest BCUT2D eigenvalue weighted by Gasteiger charge is 2.24. The maximum atomic E-state index is 2.45. The fourth-order valence-corrected chi connectivity index (χ4v) is 3.50. The molecule has 21 heavy (non-hydrogen) atoms. The molecule has 1 unspecified atom stereocenters. The highest BCUT2D eigenvalue weighted by Crippen LogP contribution is 2.47. The van der Waals surface area contributed by atoms with Gasteiger partial charge in [0, 0.05) is 22.4 Å². The third-order valence-corrected chi connectivity index (χ3v) is 4.99. The van der Waals surface area contributed by atoms with Crippen LogP contribution in [0.2, 0.25) is 0 Å². The molecule has 2 aromatic rings. The van der Waals surface area contributed by atoms with Crippen LogP contribution in [0.1, 0.15) is 6.92 Å². The number of hydrogen-bond donors (Lipinski definition) is 0. The van der Waals surface area contributed by atoms with Crippen LogP contribution in [0, 0.1) is 0 Å². The fraction of sp³-hybridized carbons (Fsp3) is 0.294. The molecule has 1 heterocycles. The van der Waals surface area contributed by atoms with Gasteiger partial charge in [0.15, 0.2) is 0 Å². The Bertz CT molecular complexity index is 570. The van der Waals surface area contributed by atoms with Gasteiger partial charge in [0.05, 0.1) is 11.4 Å². The zero-order valence-corrected chi connectivity index (χ0v) is 14.2. The first kappa shape index (κ1) is 16.2. The van der Waals surface area contributed by atoms with Gasteiger partial charge in [0.1, 0.15) is 0 Å². The molecule has 0 spiro atoms. The van der Waals surface area contributed by atoms with Crippen molar-refractivity contribution in [3.8, 4) is 0 Å². The van der Waals surface area contributed by atoms with Crippen LogP contribution in [0.4, 0.5) is 11.4 Å². The molecule has 0 amide bonds. The maximum absolute atomic E-state index is 2.45. The van der Waals surface area contributed by atoms with Crippen LogP contribution >= 0.6 is 11.8 Å². The molecule has 112 valence electrons. The van der Waals surface area contributed by atoms with Crippen LogP contribution in [0.25, 0.3) is 0 Å². The first-order valence-electron chi connectivity index (χ1n) is 6.96. The number of anilines is 2. The Morgan fingerprint density at radius 1 is 0.952 bits per heavy atom. The number of halogens is 1. The summed E-state index contributed by atoms with van der Waals surface area (Å²) in [6.45, 7) is 3.27. The van der Waals surface area contributed by atoms with E-state index in [0.29, 0.717) is 6.04 Å². The van der Waals surface area contributed by atoms with E-state index >= 15 is 0 Å². The van der Waals surface area contributed by atoms with Crippen molar-refractivity contribution in [2.24, 2.45) is 0 Å². The summed E-state index contributed by atoms with van der Waals surface area (Å²) in [7, 11) is 4.28. The van der Waals surface area contributed by atoms with Crippen LogP contribution in [0.3, 0.4) is 0 Å². The molecule has 1 aliphatic rings. The zero-order valence-electron chi connectivity index (χ0n) is 12.6. The minimum atomic E-state index is 0. The van der Waals surface area contributed by atoms with Gasteiger partial charge < -0.3 is 22.2 Å². The Morgan fingerprint density at radius 2 is 1.43 bits per heavy atom. The summed E-state index contributed by atoms with van der Waals surface area (Å²) in [5.41, 5.74) is 2.65. The Morgan fingerprint density at radius 3 is 1.90 bits per heavy atom. The second-order valence-corrected chi connectivity index (χ2v) is 6.54. The number of para-hydroxylation sites is 2. The lowest BCUT2D eigenvalue weighted by Gasteiger charge is -2.36. The second-order valence-electron chi connectivity index (χ2n) is 5.46. The molecule has 0 saturated heterocycles. The summed E-state index contributed by atoms with van der Waals surface area (Å²) in [4.78, 5) is 7.41. The predicted molar refractivity (Wildman–Crippen MR) is 87.2 cm³/mol. The molecular formula is C17H20ClN2S-. The van der Waals surface area contributed by atoms with Gasteiger partial charge in [-0.1, -0.05) is 36.0 Å². The smallest absolute Gasteiger partial charge is 0.0553 e. The van der Waals surface area contributed by atoms with Crippen LogP contribution in [0.15, 0.2) is 58.3 Å². The topological polar surface area (TPSA) is 6.48 Å². The predicted octanol–water partition coefficient (Wildman–Crippen LogP) is 1.24. The molecular weight excluding hydrogens is 300 g/mol. The van der Waals surface area contributed by atoms with Gasteiger partial charge in [-0.05, 0) is 45.3 Å². The van der Waals surface area contributed by atoms with Crippen LogP contribution in [0.5, 0.6) is 0 Å². The normalized spacial score (nSPS) is 14.2. The first-order chi connectivity index (χ1) is 9.66. The second kappa shape index (κ2) is 6.73. The number of benzene rings is 2.